The fraction of sp³-hybridized carbons (Fsp3) is 0.920. The highest BCUT2D eigenvalue weighted by Gasteiger charge is 2.23. The van der Waals surface area contributed by atoms with E-state index in [1.807, 2.05) is 0 Å². The van der Waals surface area contributed by atoms with Gasteiger partial charge < -0.3 is 27.1 Å². The first-order valence-corrected chi connectivity index (χ1v) is 13.1. The second kappa shape index (κ2) is 27.2. The van der Waals surface area contributed by atoms with Crippen molar-refractivity contribution in [3.8, 4) is 0 Å². The molecule has 1 aliphatic heterocycles. The van der Waals surface area contributed by atoms with Gasteiger partial charge in [-0.05, 0) is 58.2 Å². The van der Waals surface area contributed by atoms with Crippen LogP contribution in [0.5, 0.6) is 0 Å². The van der Waals surface area contributed by atoms with Crippen LogP contribution in [-0.4, -0.2) is 60.8 Å². The van der Waals surface area contributed by atoms with E-state index < -0.39 is 6.04 Å². The summed E-state index contributed by atoms with van der Waals surface area (Å²) in [6.45, 7) is 3.71. The number of hydrogen-bond acceptors (Lipinski definition) is 5. The number of carbonyl (C=O) groups is 2. The number of likely N-dealkylation sites (tertiary alicyclic amines) is 1. The molecule has 206 valence electrons. The number of nitrogens with two attached hydrogens (primary N) is 2. The highest BCUT2D eigenvalue weighted by atomic mass is 35.5. The Hall–Kier alpha value is -0.440. The number of amides is 1. The molecule has 7 nitrogen and oxygen atoms in total. The molecule has 0 aliphatic carbocycles. The summed E-state index contributed by atoms with van der Waals surface area (Å²) in [5.74, 6) is -0.00807. The number of nitrogens with zero attached hydrogens (tertiary/aromatic N) is 1. The van der Waals surface area contributed by atoms with Gasteiger partial charge in [-0.3, -0.25) is 9.69 Å². The van der Waals surface area contributed by atoms with Crippen LogP contribution in [-0.2, 0) is 9.59 Å². The number of aldehydes is 1. The van der Waals surface area contributed by atoms with E-state index in [1.54, 1.807) is 0 Å². The summed E-state index contributed by atoms with van der Waals surface area (Å²) in [5.41, 5.74) is 11.5. The third kappa shape index (κ3) is 19.8. The quantitative estimate of drug-likeness (QED) is 0.162. The molecule has 34 heavy (non-hydrogen) atoms. The summed E-state index contributed by atoms with van der Waals surface area (Å²) in [5, 5.41) is 3.10. The molecule has 9 heteroatoms. The fourth-order valence-corrected chi connectivity index (χ4v) is 4.53. The first kappa shape index (κ1) is 38.1. The number of rotatable bonds is 20. The van der Waals surface area contributed by atoms with E-state index in [1.165, 1.54) is 77.0 Å². The molecule has 0 radical (unpaired) electrons. The van der Waals surface area contributed by atoms with Crippen molar-refractivity contribution in [3.05, 3.63) is 0 Å². The molecule has 2 atom stereocenters. The van der Waals surface area contributed by atoms with Crippen LogP contribution in [0.25, 0.3) is 0 Å². The van der Waals surface area contributed by atoms with Crippen LogP contribution in [0.1, 0.15) is 109 Å². The summed E-state index contributed by atoms with van der Waals surface area (Å²) >= 11 is 0. The van der Waals surface area contributed by atoms with Crippen molar-refractivity contribution in [3.63, 3.8) is 0 Å². The number of piperidine rings is 1. The van der Waals surface area contributed by atoms with Crippen LogP contribution >= 0.6 is 24.8 Å². The molecule has 1 unspecified atom stereocenters. The van der Waals surface area contributed by atoms with Gasteiger partial charge in [0.25, 0.3) is 0 Å². The lowest BCUT2D eigenvalue weighted by Gasteiger charge is -2.36. The highest BCUT2D eigenvalue weighted by molar-refractivity contribution is 5.85. The third-order valence-corrected chi connectivity index (χ3v) is 6.58. The van der Waals surface area contributed by atoms with Gasteiger partial charge in [0, 0.05) is 19.0 Å². The Kier molecular flexibility index (Phi) is 30.4. The van der Waals surface area contributed by atoms with E-state index in [4.69, 9.17) is 11.5 Å². The van der Waals surface area contributed by atoms with E-state index in [0.29, 0.717) is 12.6 Å². The summed E-state index contributed by atoms with van der Waals surface area (Å²) in [6.07, 6.45) is 20.8. The summed E-state index contributed by atoms with van der Waals surface area (Å²) in [6, 6.07) is 0.0630. The van der Waals surface area contributed by atoms with Gasteiger partial charge in [-0.25, -0.2) is 0 Å². The largest absolute Gasteiger partial charge is 0.412 e. The summed E-state index contributed by atoms with van der Waals surface area (Å²) < 4.78 is 0. The zero-order valence-electron chi connectivity index (χ0n) is 21.3. The molecule has 0 spiro atoms. The monoisotopic (exact) mass is 528 g/mol. The molecule has 1 fully saturated rings. The van der Waals surface area contributed by atoms with Crippen molar-refractivity contribution in [2.24, 2.45) is 11.5 Å². The van der Waals surface area contributed by atoms with Crippen LogP contribution in [0.4, 0.5) is 0 Å². The van der Waals surface area contributed by atoms with Crippen LogP contribution in [0.3, 0.4) is 0 Å². The van der Waals surface area contributed by atoms with Crippen molar-refractivity contribution >= 4 is 37.0 Å². The van der Waals surface area contributed by atoms with Crippen molar-refractivity contribution in [1.82, 2.24) is 10.2 Å². The minimum absolute atomic E-state index is 0. The van der Waals surface area contributed by atoms with E-state index in [-0.39, 0.29) is 36.2 Å². The Morgan fingerprint density at radius 1 is 0.912 bits per heavy atom. The minimum Gasteiger partial charge on any atom is -0.412 e. The van der Waals surface area contributed by atoms with Gasteiger partial charge in [-0.1, -0.05) is 64.2 Å². The van der Waals surface area contributed by atoms with Crippen molar-refractivity contribution in [1.29, 1.82) is 0 Å². The topological polar surface area (TPSA) is 133 Å². The normalized spacial score (nSPS) is 16.5. The van der Waals surface area contributed by atoms with Crippen molar-refractivity contribution in [2.75, 3.05) is 26.2 Å². The molecule has 0 saturated carbocycles. The first-order valence-electron chi connectivity index (χ1n) is 13.1. The molecule has 0 aromatic rings. The Bertz CT molecular complexity index is 462. The van der Waals surface area contributed by atoms with E-state index in [0.717, 1.165) is 58.0 Å². The van der Waals surface area contributed by atoms with Crippen molar-refractivity contribution in [2.45, 2.75) is 121 Å². The average Bonchev–Trinajstić information content (AvgIpc) is 2.79. The first-order chi connectivity index (χ1) is 15.2. The molecule has 1 amide bonds. The van der Waals surface area contributed by atoms with Gasteiger partial charge in [0.2, 0.25) is 5.91 Å². The van der Waals surface area contributed by atoms with Crippen LogP contribution in [0.15, 0.2) is 0 Å². The Morgan fingerprint density at radius 2 is 1.50 bits per heavy atom. The molecule has 7 N–H and O–H groups in total. The smallest absolute Gasteiger partial charge is 0.236 e. The van der Waals surface area contributed by atoms with Crippen molar-refractivity contribution < 1.29 is 15.1 Å². The predicted molar refractivity (Wildman–Crippen MR) is 148 cm³/mol. The molecule has 0 aromatic heterocycles. The lowest BCUT2D eigenvalue weighted by atomic mass is 10.0. The number of nitrogens with one attached hydrogen (secondary N) is 1. The van der Waals surface area contributed by atoms with Crippen LogP contribution in [0, 0.1) is 0 Å². The maximum Gasteiger partial charge on any atom is 0.236 e. The second-order valence-corrected chi connectivity index (χ2v) is 9.31. The number of halogens is 2. The molecule has 1 rings (SSSR count). The van der Waals surface area contributed by atoms with E-state index >= 15 is 0 Å². The summed E-state index contributed by atoms with van der Waals surface area (Å²) in [4.78, 5) is 25.1. The van der Waals surface area contributed by atoms with E-state index in [9.17, 15) is 9.59 Å². The minimum atomic E-state index is -0.403. The molecule has 0 aromatic carbocycles. The predicted octanol–water partition coefficient (Wildman–Crippen LogP) is 3.92. The van der Waals surface area contributed by atoms with Gasteiger partial charge in [-0.2, -0.15) is 0 Å². The van der Waals surface area contributed by atoms with Gasteiger partial charge in [-0.15, -0.1) is 24.8 Å². The lowest BCUT2D eigenvalue weighted by molar-refractivity contribution is -0.122. The number of carbonyl (C=O) groups excluding carboxylic acids is 2. The number of unbranched alkanes of at least 4 members (excludes halogenated alkanes) is 11. The van der Waals surface area contributed by atoms with Gasteiger partial charge in [0.1, 0.15) is 6.29 Å². The molecular weight excluding hydrogens is 475 g/mol. The Labute approximate surface area is 221 Å². The molecule has 1 saturated heterocycles. The van der Waals surface area contributed by atoms with Gasteiger partial charge in [0.05, 0.1) is 6.04 Å². The number of hydrogen-bond donors (Lipinski definition) is 3. The van der Waals surface area contributed by atoms with Gasteiger partial charge in [0.15, 0.2) is 0 Å². The zero-order chi connectivity index (χ0) is 22.6. The molecule has 0 bridgehead atoms. The average molecular weight is 530 g/mol. The highest BCUT2D eigenvalue weighted by Crippen LogP contribution is 2.18. The van der Waals surface area contributed by atoms with E-state index in [2.05, 4.69) is 10.2 Å². The van der Waals surface area contributed by atoms with Crippen LogP contribution in [0.2, 0.25) is 0 Å². The standard InChI is InChI=1S/C25H50N4O2.2ClH.H2O/c26-18-12-10-17-24(27)25(31)28-22-23-16-11-14-20-29(23)19-13-8-6-4-2-1-3-5-7-9-15-21-30;;;/h21,23-24H,1-20,22,26-27H2,(H,28,31);2*1H;1H2/t23-,24?;;;/m0.../s1. The Balaban J connectivity index is -0.00000320. The zero-order valence-corrected chi connectivity index (χ0v) is 22.9. The second-order valence-electron chi connectivity index (χ2n) is 9.31. The SMILES string of the molecule is Cl.Cl.NCCCCC(N)C(=O)NC[C@@H]1CCCCN1CCCCCCCCCCCCC=O.O. The van der Waals surface area contributed by atoms with Crippen LogP contribution < -0.4 is 16.8 Å². The molecule has 1 aliphatic rings. The lowest BCUT2D eigenvalue weighted by Crippen LogP contribution is -2.50. The maximum absolute atomic E-state index is 12.3. The molecular formula is C25H54Cl2N4O3. The maximum atomic E-state index is 12.3. The fourth-order valence-electron chi connectivity index (χ4n) is 4.53. The molecule has 1 heterocycles. The third-order valence-electron chi connectivity index (χ3n) is 6.58. The Morgan fingerprint density at radius 3 is 2.09 bits per heavy atom. The summed E-state index contributed by atoms with van der Waals surface area (Å²) in [7, 11) is 0. The van der Waals surface area contributed by atoms with Gasteiger partial charge >= 0.3 is 0 Å².